The minimum Gasteiger partial charge on any atom is -0.467 e. The van der Waals surface area contributed by atoms with Gasteiger partial charge in [-0.3, -0.25) is 19.0 Å². The summed E-state index contributed by atoms with van der Waals surface area (Å²) < 4.78 is 8.78. The maximum absolute atomic E-state index is 13.6. The maximum atomic E-state index is 13.6. The highest BCUT2D eigenvalue weighted by Gasteiger charge is 2.22. The number of furan rings is 1. The highest BCUT2D eigenvalue weighted by Crippen LogP contribution is 2.28. The summed E-state index contributed by atoms with van der Waals surface area (Å²) in [7, 11) is 0. The van der Waals surface area contributed by atoms with Gasteiger partial charge in [0.1, 0.15) is 5.76 Å². The van der Waals surface area contributed by atoms with Crippen molar-refractivity contribution in [3.05, 3.63) is 83.8 Å². The third-order valence-corrected chi connectivity index (χ3v) is 6.19. The van der Waals surface area contributed by atoms with Crippen LogP contribution < -0.4 is 10.6 Å². The van der Waals surface area contributed by atoms with E-state index < -0.39 is 5.91 Å². The molecule has 0 fully saturated rings. The summed E-state index contributed by atoms with van der Waals surface area (Å²) in [4.78, 5) is 31.4. The topological polar surface area (TPSA) is 120 Å². The van der Waals surface area contributed by atoms with Crippen molar-refractivity contribution in [2.24, 2.45) is 0 Å². The molecule has 2 amide bonds. The number of carbonyl (C=O) groups is 2. The molecule has 0 aliphatic rings. The van der Waals surface area contributed by atoms with Crippen LogP contribution in [0.2, 0.25) is 0 Å². The van der Waals surface area contributed by atoms with Crippen molar-refractivity contribution in [3.8, 4) is 11.3 Å². The number of carbonyl (C=O) groups excluding carboxylic acids is 2. The second kappa shape index (κ2) is 10.1. The molecule has 5 rings (SSSR count). The standard InChI is InChI=1S/C27H27N7O3/c1-4-33-16-24(25(32-33)27(36)28-14-18-9-8-12-37-18)31-26(35)20-13-23(21-15-29-34(5-2)17(21)3)30-22-11-7-6-10-19(20)22/h6-13,15-16H,4-5,14H2,1-3H3,(H,28,36)(H,31,35). The van der Waals surface area contributed by atoms with Crippen molar-refractivity contribution in [1.82, 2.24) is 29.9 Å². The molecule has 4 heterocycles. The third-order valence-electron chi connectivity index (χ3n) is 6.19. The highest BCUT2D eigenvalue weighted by atomic mass is 16.3. The smallest absolute Gasteiger partial charge is 0.274 e. The van der Waals surface area contributed by atoms with Crippen LogP contribution in [0.3, 0.4) is 0 Å². The maximum Gasteiger partial charge on any atom is 0.274 e. The Morgan fingerprint density at radius 2 is 1.89 bits per heavy atom. The van der Waals surface area contributed by atoms with E-state index in [1.54, 1.807) is 41.5 Å². The number of rotatable bonds is 8. The van der Waals surface area contributed by atoms with Crippen molar-refractivity contribution in [2.45, 2.75) is 40.4 Å². The van der Waals surface area contributed by atoms with Crippen molar-refractivity contribution >= 4 is 28.4 Å². The van der Waals surface area contributed by atoms with Gasteiger partial charge in [0.05, 0.1) is 41.5 Å². The first-order valence-electron chi connectivity index (χ1n) is 12.1. The first kappa shape index (κ1) is 24.0. The van der Waals surface area contributed by atoms with Crippen molar-refractivity contribution in [3.63, 3.8) is 0 Å². The number of para-hydroxylation sites is 1. The number of pyridine rings is 1. The van der Waals surface area contributed by atoms with Crippen LogP contribution in [0.4, 0.5) is 5.69 Å². The number of hydrogen-bond donors (Lipinski definition) is 2. The Hall–Kier alpha value is -4.73. The molecule has 0 atom stereocenters. The van der Waals surface area contributed by atoms with Gasteiger partial charge >= 0.3 is 0 Å². The van der Waals surface area contributed by atoms with Crippen LogP contribution >= 0.6 is 0 Å². The van der Waals surface area contributed by atoms with Crippen LogP contribution in [0.15, 0.2) is 65.5 Å². The number of aryl methyl sites for hydroxylation is 2. The molecule has 0 saturated heterocycles. The number of nitrogens with zero attached hydrogens (tertiary/aromatic N) is 5. The lowest BCUT2D eigenvalue weighted by Crippen LogP contribution is -2.25. The lowest BCUT2D eigenvalue weighted by atomic mass is 10.0. The summed E-state index contributed by atoms with van der Waals surface area (Å²) in [5.41, 5.74) is 4.06. The van der Waals surface area contributed by atoms with Gasteiger partial charge in [0.2, 0.25) is 0 Å². The molecule has 0 bridgehead atoms. The Bertz CT molecular complexity index is 1580. The second-order valence-corrected chi connectivity index (χ2v) is 8.49. The van der Waals surface area contributed by atoms with E-state index in [1.165, 1.54) is 0 Å². The molecule has 0 radical (unpaired) electrons. The minimum atomic E-state index is -0.415. The van der Waals surface area contributed by atoms with Gasteiger partial charge < -0.3 is 15.1 Å². The summed E-state index contributed by atoms with van der Waals surface area (Å²) >= 11 is 0. The Kier molecular flexibility index (Phi) is 6.55. The molecule has 0 unspecified atom stereocenters. The SMILES string of the molecule is CCn1cc(NC(=O)c2cc(-c3cnn(CC)c3C)nc3ccccc23)c(C(=O)NCc2ccco2)n1. The number of anilines is 1. The van der Waals surface area contributed by atoms with Gasteiger partial charge in [-0.1, -0.05) is 18.2 Å². The van der Waals surface area contributed by atoms with Gasteiger partial charge in [-0.2, -0.15) is 10.2 Å². The fourth-order valence-electron chi connectivity index (χ4n) is 4.21. The molecule has 5 aromatic rings. The van der Waals surface area contributed by atoms with E-state index >= 15 is 0 Å². The Labute approximate surface area is 213 Å². The fraction of sp³-hybridized carbons (Fsp3) is 0.222. The van der Waals surface area contributed by atoms with Gasteiger partial charge in [-0.25, -0.2) is 4.98 Å². The van der Waals surface area contributed by atoms with Gasteiger partial charge in [-0.05, 0) is 45.0 Å². The van der Waals surface area contributed by atoms with Gasteiger partial charge in [0, 0.05) is 35.9 Å². The number of fused-ring (bicyclic) bond motifs is 1. The number of hydrogen-bond acceptors (Lipinski definition) is 6. The van der Waals surface area contributed by atoms with Crippen LogP contribution in [-0.2, 0) is 19.6 Å². The molecule has 10 heteroatoms. The zero-order valence-electron chi connectivity index (χ0n) is 20.9. The third kappa shape index (κ3) is 4.73. The van der Waals surface area contributed by atoms with Crippen LogP contribution in [0.1, 0.15) is 46.1 Å². The number of benzene rings is 1. The van der Waals surface area contributed by atoms with E-state index in [2.05, 4.69) is 20.8 Å². The summed E-state index contributed by atoms with van der Waals surface area (Å²) in [5.74, 6) is -0.163. The molecule has 37 heavy (non-hydrogen) atoms. The average Bonchev–Trinajstić information content (AvgIpc) is 3.66. The van der Waals surface area contributed by atoms with Crippen LogP contribution in [-0.4, -0.2) is 36.4 Å². The Morgan fingerprint density at radius 3 is 2.62 bits per heavy atom. The number of amides is 2. The molecule has 2 N–H and O–H groups in total. The molecule has 4 aromatic heterocycles. The van der Waals surface area contributed by atoms with Crippen LogP contribution in [0, 0.1) is 6.92 Å². The summed E-state index contributed by atoms with van der Waals surface area (Å²) in [6.07, 6.45) is 4.96. The van der Waals surface area contributed by atoms with Gasteiger partial charge in [-0.15, -0.1) is 0 Å². The average molecular weight is 498 g/mol. The molecule has 0 aliphatic carbocycles. The van der Waals surface area contributed by atoms with Crippen molar-refractivity contribution < 1.29 is 14.0 Å². The van der Waals surface area contributed by atoms with Crippen LogP contribution in [0.5, 0.6) is 0 Å². The summed E-state index contributed by atoms with van der Waals surface area (Å²) in [6.45, 7) is 7.40. The normalized spacial score (nSPS) is 11.1. The predicted molar refractivity (Wildman–Crippen MR) is 139 cm³/mol. The molecule has 0 saturated carbocycles. The summed E-state index contributed by atoms with van der Waals surface area (Å²) in [5, 5.41) is 15.2. The fourth-order valence-corrected chi connectivity index (χ4v) is 4.21. The molecule has 0 aliphatic heterocycles. The first-order chi connectivity index (χ1) is 18.0. The van der Waals surface area contributed by atoms with E-state index in [0.29, 0.717) is 40.2 Å². The molecular formula is C27H27N7O3. The quantitative estimate of drug-likeness (QED) is 0.328. The van der Waals surface area contributed by atoms with E-state index in [0.717, 1.165) is 17.8 Å². The number of nitrogens with one attached hydrogen (secondary N) is 2. The molecule has 188 valence electrons. The van der Waals surface area contributed by atoms with E-state index in [-0.39, 0.29) is 18.1 Å². The Balaban J connectivity index is 1.49. The van der Waals surface area contributed by atoms with Crippen molar-refractivity contribution in [2.75, 3.05) is 5.32 Å². The van der Waals surface area contributed by atoms with Crippen molar-refractivity contribution in [1.29, 1.82) is 0 Å². The van der Waals surface area contributed by atoms with E-state index in [1.807, 2.05) is 49.7 Å². The Morgan fingerprint density at radius 1 is 1.05 bits per heavy atom. The summed E-state index contributed by atoms with van der Waals surface area (Å²) in [6, 6.07) is 12.8. The largest absolute Gasteiger partial charge is 0.467 e. The van der Waals surface area contributed by atoms with Crippen LogP contribution in [0.25, 0.3) is 22.2 Å². The zero-order valence-corrected chi connectivity index (χ0v) is 20.9. The van der Waals surface area contributed by atoms with E-state index in [4.69, 9.17) is 9.40 Å². The lowest BCUT2D eigenvalue weighted by molar-refractivity contribution is 0.0943. The first-order valence-corrected chi connectivity index (χ1v) is 12.1. The highest BCUT2D eigenvalue weighted by molar-refractivity contribution is 6.14. The minimum absolute atomic E-state index is 0.125. The second-order valence-electron chi connectivity index (χ2n) is 8.49. The van der Waals surface area contributed by atoms with Gasteiger partial charge in [0.25, 0.3) is 11.8 Å². The number of aromatic nitrogens is 5. The predicted octanol–water partition coefficient (Wildman–Crippen LogP) is 4.42. The lowest BCUT2D eigenvalue weighted by Gasteiger charge is -2.11. The van der Waals surface area contributed by atoms with Gasteiger partial charge in [0.15, 0.2) is 5.69 Å². The molecular weight excluding hydrogens is 470 g/mol. The monoisotopic (exact) mass is 497 g/mol. The molecule has 1 aromatic carbocycles. The molecule has 10 nitrogen and oxygen atoms in total. The zero-order chi connectivity index (χ0) is 25.9. The molecule has 0 spiro atoms. The van der Waals surface area contributed by atoms with E-state index in [9.17, 15) is 9.59 Å².